The number of nitrogens with zero attached hydrogens (tertiary/aromatic N) is 1. The van der Waals surface area contributed by atoms with Crippen LogP contribution in [-0.4, -0.2) is 26.6 Å². The molecular weight excluding hydrogens is 393 g/mol. The molecule has 1 amide bonds. The van der Waals surface area contributed by atoms with Crippen LogP contribution in [0.5, 0.6) is 0 Å². The number of hydrogen-bond donors (Lipinski definition) is 1. The van der Waals surface area contributed by atoms with Gasteiger partial charge >= 0.3 is 0 Å². The van der Waals surface area contributed by atoms with Gasteiger partial charge in [0.15, 0.2) is 11.6 Å². The number of carbonyl (C=O) groups is 1. The summed E-state index contributed by atoms with van der Waals surface area (Å²) >= 11 is 5.63. The third-order valence-electron chi connectivity index (χ3n) is 3.43. The molecule has 2 aromatic rings. The summed E-state index contributed by atoms with van der Waals surface area (Å²) in [5.41, 5.74) is -0.0711. The normalized spacial score (nSPS) is 12.5. The average molecular weight is 407 g/mol. The summed E-state index contributed by atoms with van der Waals surface area (Å²) in [5, 5.41) is 2.17. The van der Waals surface area contributed by atoms with E-state index in [9.17, 15) is 26.4 Å². The van der Waals surface area contributed by atoms with E-state index in [1.165, 1.54) is 13.0 Å². The summed E-state index contributed by atoms with van der Waals surface area (Å²) < 4.78 is 64.6. The van der Waals surface area contributed by atoms with Gasteiger partial charge in [0.05, 0.1) is 17.0 Å². The molecule has 2 rings (SSSR count). The molecular formula is C16H14ClF3N2O3S. The topological polar surface area (TPSA) is 66.5 Å². The molecule has 0 aliphatic rings. The first-order chi connectivity index (χ1) is 12.0. The van der Waals surface area contributed by atoms with E-state index in [1.54, 1.807) is 0 Å². The molecule has 0 saturated carbocycles. The Kier molecular flexibility index (Phi) is 5.82. The largest absolute Gasteiger partial charge is 0.324 e. The zero-order valence-corrected chi connectivity index (χ0v) is 15.2. The van der Waals surface area contributed by atoms with E-state index in [0.29, 0.717) is 10.4 Å². The van der Waals surface area contributed by atoms with Gasteiger partial charge < -0.3 is 5.32 Å². The van der Waals surface area contributed by atoms with Crippen molar-refractivity contribution in [3.63, 3.8) is 0 Å². The molecule has 5 nitrogen and oxygen atoms in total. The molecule has 0 aliphatic carbocycles. The molecule has 0 aromatic heterocycles. The number of amides is 1. The van der Waals surface area contributed by atoms with Crippen molar-refractivity contribution in [3.05, 3.63) is 58.9 Å². The van der Waals surface area contributed by atoms with E-state index >= 15 is 0 Å². The number of sulfonamides is 1. The van der Waals surface area contributed by atoms with Gasteiger partial charge in [-0.1, -0.05) is 11.6 Å². The number of benzene rings is 2. The van der Waals surface area contributed by atoms with Gasteiger partial charge in [-0.2, -0.15) is 0 Å². The molecule has 0 radical (unpaired) electrons. The summed E-state index contributed by atoms with van der Waals surface area (Å²) in [6.45, 7) is 1.27. The van der Waals surface area contributed by atoms with Crippen LogP contribution in [0.15, 0.2) is 36.4 Å². The van der Waals surface area contributed by atoms with Crippen LogP contribution >= 0.6 is 11.6 Å². The highest BCUT2D eigenvalue weighted by Crippen LogP contribution is 2.24. The second kappa shape index (κ2) is 7.55. The van der Waals surface area contributed by atoms with Gasteiger partial charge in [-0.3, -0.25) is 9.10 Å². The number of anilines is 2. The maximum Gasteiger partial charge on any atom is 0.247 e. The SMILES string of the molecule is CC(C(=O)Nc1ccc(F)c(Cl)c1)N(c1ccc(F)c(F)c1)S(C)(=O)=O. The Balaban J connectivity index is 2.34. The third kappa shape index (κ3) is 4.47. The summed E-state index contributed by atoms with van der Waals surface area (Å²) in [7, 11) is -4.00. The first kappa shape index (κ1) is 20.1. The number of rotatable bonds is 5. The molecule has 2 aromatic carbocycles. The third-order valence-corrected chi connectivity index (χ3v) is 4.96. The lowest BCUT2D eigenvalue weighted by atomic mass is 10.2. The summed E-state index contributed by atoms with van der Waals surface area (Å²) in [6.07, 6.45) is 0.826. The Morgan fingerprint density at radius 1 is 1.08 bits per heavy atom. The lowest BCUT2D eigenvalue weighted by Crippen LogP contribution is -2.45. The monoisotopic (exact) mass is 406 g/mol. The fourth-order valence-corrected chi connectivity index (χ4v) is 3.60. The van der Waals surface area contributed by atoms with Crippen LogP contribution in [0.1, 0.15) is 6.92 Å². The lowest BCUT2D eigenvalue weighted by molar-refractivity contribution is -0.116. The van der Waals surface area contributed by atoms with Crippen LogP contribution in [0.25, 0.3) is 0 Å². The molecule has 26 heavy (non-hydrogen) atoms. The Morgan fingerprint density at radius 2 is 1.69 bits per heavy atom. The van der Waals surface area contributed by atoms with E-state index < -0.39 is 39.4 Å². The first-order valence-electron chi connectivity index (χ1n) is 7.21. The molecule has 1 unspecified atom stereocenters. The van der Waals surface area contributed by atoms with Crippen LogP contribution in [0.3, 0.4) is 0 Å². The Labute approximate surface area is 153 Å². The molecule has 0 fully saturated rings. The van der Waals surface area contributed by atoms with Crippen LogP contribution in [-0.2, 0) is 14.8 Å². The lowest BCUT2D eigenvalue weighted by Gasteiger charge is -2.28. The average Bonchev–Trinajstić information content (AvgIpc) is 2.53. The molecule has 1 atom stereocenters. The van der Waals surface area contributed by atoms with E-state index in [0.717, 1.165) is 30.5 Å². The molecule has 0 heterocycles. The van der Waals surface area contributed by atoms with Crippen molar-refractivity contribution >= 4 is 38.9 Å². The Hall–Kier alpha value is -2.26. The van der Waals surface area contributed by atoms with E-state index in [1.807, 2.05) is 0 Å². The number of nitrogens with one attached hydrogen (secondary N) is 1. The fourth-order valence-electron chi connectivity index (χ4n) is 2.25. The first-order valence-corrected chi connectivity index (χ1v) is 9.43. The molecule has 0 aliphatic heterocycles. The van der Waals surface area contributed by atoms with Crippen molar-refractivity contribution in [2.45, 2.75) is 13.0 Å². The summed E-state index contributed by atoms with van der Waals surface area (Å²) in [6, 6.07) is 4.60. The zero-order valence-electron chi connectivity index (χ0n) is 13.6. The van der Waals surface area contributed by atoms with Gasteiger partial charge in [-0.15, -0.1) is 0 Å². The molecule has 0 saturated heterocycles. The molecule has 0 bridgehead atoms. The fraction of sp³-hybridized carbons (Fsp3) is 0.188. The molecule has 1 N–H and O–H groups in total. The van der Waals surface area contributed by atoms with Gasteiger partial charge in [0.1, 0.15) is 11.9 Å². The van der Waals surface area contributed by atoms with Crippen molar-refractivity contribution in [3.8, 4) is 0 Å². The zero-order chi connectivity index (χ0) is 19.6. The van der Waals surface area contributed by atoms with Gasteiger partial charge in [0.25, 0.3) is 0 Å². The van der Waals surface area contributed by atoms with E-state index in [4.69, 9.17) is 11.6 Å². The maximum atomic E-state index is 13.5. The second-order valence-electron chi connectivity index (χ2n) is 5.45. The minimum absolute atomic E-state index is 0.145. The molecule has 0 spiro atoms. The standard InChI is InChI=1S/C16H14ClF3N2O3S/c1-9(16(23)21-10-3-5-13(18)12(17)7-10)22(26(2,24)25)11-4-6-14(19)15(20)8-11/h3-9H,1-2H3,(H,21,23). The van der Waals surface area contributed by atoms with Crippen molar-refractivity contribution in [1.82, 2.24) is 0 Å². The Morgan fingerprint density at radius 3 is 2.23 bits per heavy atom. The van der Waals surface area contributed by atoms with E-state index in [-0.39, 0.29) is 16.4 Å². The van der Waals surface area contributed by atoms with Crippen LogP contribution in [0, 0.1) is 17.5 Å². The van der Waals surface area contributed by atoms with Crippen LogP contribution in [0.2, 0.25) is 5.02 Å². The minimum atomic E-state index is -4.00. The molecule has 10 heteroatoms. The minimum Gasteiger partial charge on any atom is -0.324 e. The highest BCUT2D eigenvalue weighted by atomic mass is 35.5. The number of carbonyl (C=O) groups excluding carboxylic acids is 1. The van der Waals surface area contributed by atoms with Crippen molar-refractivity contribution in [2.24, 2.45) is 0 Å². The quantitative estimate of drug-likeness (QED) is 0.825. The maximum absolute atomic E-state index is 13.5. The smallest absolute Gasteiger partial charge is 0.247 e. The second-order valence-corrected chi connectivity index (χ2v) is 7.72. The van der Waals surface area contributed by atoms with Gasteiger partial charge in [0, 0.05) is 11.8 Å². The highest BCUT2D eigenvalue weighted by molar-refractivity contribution is 7.92. The summed E-state index contributed by atoms with van der Waals surface area (Å²) in [4.78, 5) is 12.4. The summed E-state index contributed by atoms with van der Waals surface area (Å²) in [5.74, 6) is -3.87. The predicted octanol–water partition coefficient (Wildman–Crippen LogP) is 3.55. The van der Waals surface area contributed by atoms with Crippen molar-refractivity contribution in [1.29, 1.82) is 0 Å². The predicted molar refractivity (Wildman–Crippen MR) is 93.2 cm³/mol. The van der Waals surface area contributed by atoms with Crippen LogP contribution < -0.4 is 9.62 Å². The van der Waals surface area contributed by atoms with Crippen molar-refractivity contribution < 1.29 is 26.4 Å². The van der Waals surface area contributed by atoms with Gasteiger partial charge in [0.2, 0.25) is 15.9 Å². The number of halogens is 4. The highest BCUT2D eigenvalue weighted by Gasteiger charge is 2.30. The van der Waals surface area contributed by atoms with E-state index in [2.05, 4.69) is 5.32 Å². The van der Waals surface area contributed by atoms with Crippen molar-refractivity contribution in [2.75, 3.05) is 15.9 Å². The Bertz CT molecular complexity index is 954. The number of hydrogen-bond acceptors (Lipinski definition) is 3. The van der Waals surface area contributed by atoms with Crippen LogP contribution in [0.4, 0.5) is 24.5 Å². The molecule has 140 valence electrons. The van der Waals surface area contributed by atoms with Gasteiger partial charge in [-0.05, 0) is 37.3 Å². The van der Waals surface area contributed by atoms with Gasteiger partial charge in [-0.25, -0.2) is 21.6 Å².